The predicted molar refractivity (Wildman–Crippen MR) is 92.2 cm³/mol. The highest BCUT2D eigenvalue weighted by Crippen LogP contribution is 2.43. The first-order valence-corrected chi connectivity index (χ1v) is 8.00. The van der Waals surface area contributed by atoms with Gasteiger partial charge in [-0.2, -0.15) is 0 Å². The van der Waals surface area contributed by atoms with Crippen molar-refractivity contribution in [2.24, 2.45) is 5.41 Å². The zero-order valence-corrected chi connectivity index (χ0v) is 15.4. The Morgan fingerprint density at radius 1 is 1.29 bits per heavy atom. The number of hydrogen-bond donors (Lipinski definition) is 1. The third-order valence-electron chi connectivity index (χ3n) is 4.24. The molecular formula is C19H28O5. The normalized spacial score (nSPS) is 26.0. The molecule has 0 heterocycles. The van der Waals surface area contributed by atoms with Crippen LogP contribution < -0.4 is 0 Å². The molecule has 0 aromatic rings. The Kier molecular flexibility index (Phi) is 6.17. The van der Waals surface area contributed by atoms with Crippen molar-refractivity contribution in [2.75, 3.05) is 0 Å². The van der Waals surface area contributed by atoms with Crippen LogP contribution in [0.1, 0.15) is 48.0 Å². The van der Waals surface area contributed by atoms with Crippen molar-refractivity contribution in [3.63, 3.8) is 0 Å². The van der Waals surface area contributed by atoms with Gasteiger partial charge in [0.05, 0.1) is 5.60 Å². The first kappa shape index (κ1) is 20.2. The quantitative estimate of drug-likeness (QED) is 0.617. The van der Waals surface area contributed by atoms with E-state index in [4.69, 9.17) is 9.47 Å². The number of allylic oxidation sites excluding steroid dienone is 2. The van der Waals surface area contributed by atoms with Gasteiger partial charge in [0.2, 0.25) is 0 Å². The summed E-state index contributed by atoms with van der Waals surface area (Å²) >= 11 is 0. The maximum Gasteiger partial charge on any atom is 0.303 e. The fraction of sp³-hybridized carbons (Fsp3) is 0.579. The Balaban J connectivity index is 3.33. The maximum atomic E-state index is 11.5. The molecule has 1 N–H and O–H groups in total. The minimum Gasteiger partial charge on any atom is -0.458 e. The van der Waals surface area contributed by atoms with E-state index in [9.17, 15) is 14.7 Å². The summed E-state index contributed by atoms with van der Waals surface area (Å²) in [7, 11) is 0. The number of hydrogen-bond acceptors (Lipinski definition) is 5. The number of carbonyl (C=O) groups excluding carboxylic acids is 2. The summed E-state index contributed by atoms with van der Waals surface area (Å²) < 4.78 is 10.8. The first-order valence-electron chi connectivity index (χ1n) is 8.00. The van der Waals surface area contributed by atoms with Crippen LogP contribution in [-0.4, -0.2) is 34.9 Å². The van der Waals surface area contributed by atoms with E-state index in [2.05, 4.69) is 6.58 Å². The van der Waals surface area contributed by atoms with Crippen LogP contribution in [0.3, 0.4) is 0 Å². The molecule has 0 aliphatic heterocycles. The molecule has 1 aliphatic carbocycles. The summed E-state index contributed by atoms with van der Waals surface area (Å²) in [6, 6.07) is 0. The smallest absolute Gasteiger partial charge is 0.303 e. The third-order valence-corrected chi connectivity index (χ3v) is 4.24. The molecule has 0 spiro atoms. The Hall–Kier alpha value is -1.88. The second kappa shape index (κ2) is 7.34. The summed E-state index contributed by atoms with van der Waals surface area (Å²) in [5, 5.41) is 10.1. The third kappa shape index (κ3) is 5.06. The van der Waals surface area contributed by atoms with Gasteiger partial charge >= 0.3 is 11.9 Å². The standard InChI is InChI=1S/C19H28O5/c1-8-19(7,22)10-9-15-12(2)17(24-14(4)21)16(23-13(3)20)11-18(15,5)6/h8-10,16-17,22H,1,11H2,2-7H3/b10-9+. The molecule has 1 aliphatic rings. The molecule has 0 saturated carbocycles. The lowest BCUT2D eigenvalue weighted by Gasteiger charge is -2.41. The van der Waals surface area contributed by atoms with Gasteiger partial charge in [0, 0.05) is 13.8 Å². The molecule has 3 unspecified atom stereocenters. The van der Waals surface area contributed by atoms with E-state index in [-0.39, 0.29) is 5.41 Å². The van der Waals surface area contributed by atoms with E-state index < -0.39 is 29.7 Å². The lowest BCUT2D eigenvalue weighted by atomic mass is 9.70. The largest absolute Gasteiger partial charge is 0.458 e. The highest BCUT2D eigenvalue weighted by molar-refractivity contribution is 5.68. The van der Waals surface area contributed by atoms with E-state index >= 15 is 0 Å². The highest BCUT2D eigenvalue weighted by atomic mass is 16.6. The molecule has 0 bridgehead atoms. The van der Waals surface area contributed by atoms with Crippen molar-refractivity contribution in [1.82, 2.24) is 0 Å². The van der Waals surface area contributed by atoms with Crippen molar-refractivity contribution in [1.29, 1.82) is 0 Å². The first-order chi connectivity index (χ1) is 10.9. The van der Waals surface area contributed by atoms with Gasteiger partial charge in [0.15, 0.2) is 6.10 Å². The van der Waals surface area contributed by atoms with Crippen LogP contribution in [0.15, 0.2) is 36.0 Å². The van der Waals surface area contributed by atoms with Crippen molar-refractivity contribution in [3.8, 4) is 0 Å². The Bertz CT molecular complexity index is 581. The van der Waals surface area contributed by atoms with E-state index in [1.54, 1.807) is 13.0 Å². The Morgan fingerprint density at radius 3 is 2.29 bits per heavy atom. The minimum atomic E-state index is -1.13. The average molecular weight is 336 g/mol. The number of aliphatic hydroxyl groups is 1. The summed E-state index contributed by atoms with van der Waals surface area (Å²) in [5.41, 5.74) is 0.310. The molecule has 24 heavy (non-hydrogen) atoms. The fourth-order valence-corrected chi connectivity index (χ4v) is 3.02. The molecule has 5 nitrogen and oxygen atoms in total. The van der Waals surface area contributed by atoms with E-state index in [1.807, 2.05) is 26.8 Å². The van der Waals surface area contributed by atoms with E-state index in [0.717, 1.165) is 11.1 Å². The van der Waals surface area contributed by atoms with Crippen molar-refractivity contribution in [2.45, 2.75) is 65.8 Å². The van der Waals surface area contributed by atoms with Gasteiger partial charge in [0.25, 0.3) is 0 Å². The van der Waals surface area contributed by atoms with Crippen LogP contribution in [0.4, 0.5) is 0 Å². The second-order valence-corrected chi connectivity index (χ2v) is 7.13. The highest BCUT2D eigenvalue weighted by Gasteiger charge is 2.42. The average Bonchev–Trinajstić information content (AvgIpc) is 2.41. The lowest BCUT2D eigenvalue weighted by molar-refractivity contribution is -0.165. The van der Waals surface area contributed by atoms with Gasteiger partial charge in [-0.1, -0.05) is 32.6 Å². The molecular weight excluding hydrogens is 308 g/mol. The lowest BCUT2D eigenvalue weighted by Crippen LogP contribution is -2.43. The summed E-state index contributed by atoms with van der Waals surface area (Å²) in [6.45, 7) is 13.8. The van der Waals surface area contributed by atoms with Gasteiger partial charge < -0.3 is 14.6 Å². The molecule has 134 valence electrons. The van der Waals surface area contributed by atoms with Gasteiger partial charge in [-0.25, -0.2) is 0 Å². The van der Waals surface area contributed by atoms with Crippen LogP contribution in [0.2, 0.25) is 0 Å². The Labute approximate surface area is 144 Å². The zero-order valence-electron chi connectivity index (χ0n) is 15.4. The SMILES string of the molecule is C=CC(C)(O)/C=C/C1=C(C)C(OC(C)=O)C(OC(C)=O)CC1(C)C. The van der Waals surface area contributed by atoms with Crippen molar-refractivity contribution >= 4 is 11.9 Å². The fourth-order valence-electron chi connectivity index (χ4n) is 3.02. The summed E-state index contributed by atoms with van der Waals surface area (Å²) in [5.74, 6) is -0.841. The number of carbonyl (C=O) groups is 2. The molecule has 3 atom stereocenters. The van der Waals surface area contributed by atoms with Gasteiger partial charge in [-0.3, -0.25) is 9.59 Å². The summed E-state index contributed by atoms with van der Waals surface area (Å²) in [6.07, 6.45) is 4.28. The van der Waals surface area contributed by atoms with Crippen LogP contribution in [0, 0.1) is 5.41 Å². The molecule has 0 amide bonds. The van der Waals surface area contributed by atoms with Crippen LogP contribution >= 0.6 is 0 Å². The van der Waals surface area contributed by atoms with Crippen molar-refractivity contribution in [3.05, 3.63) is 36.0 Å². The molecule has 0 aromatic heterocycles. The molecule has 0 saturated heterocycles. The van der Waals surface area contributed by atoms with Gasteiger partial charge in [-0.05, 0) is 42.9 Å². The summed E-state index contributed by atoms with van der Waals surface area (Å²) in [4.78, 5) is 22.9. The van der Waals surface area contributed by atoms with E-state index in [0.29, 0.717) is 6.42 Å². The zero-order chi connectivity index (χ0) is 18.7. The molecule has 0 fully saturated rings. The van der Waals surface area contributed by atoms with Crippen LogP contribution in [0.5, 0.6) is 0 Å². The molecule has 0 radical (unpaired) electrons. The predicted octanol–water partition coefficient (Wildman–Crippen LogP) is 3.09. The van der Waals surface area contributed by atoms with Crippen LogP contribution in [-0.2, 0) is 19.1 Å². The van der Waals surface area contributed by atoms with E-state index in [1.165, 1.54) is 19.9 Å². The van der Waals surface area contributed by atoms with Gasteiger partial charge in [-0.15, -0.1) is 0 Å². The monoisotopic (exact) mass is 336 g/mol. The topological polar surface area (TPSA) is 72.8 Å². The Morgan fingerprint density at radius 2 is 1.83 bits per heavy atom. The molecule has 0 aromatic carbocycles. The molecule has 5 heteroatoms. The molecule has 1 rings (SSSR count). The van der Waals surface area contributed by atoms with Gasteiger partial charge in [0.1, 0.15) is 6.10 Å². The van der Waals surface area contributed by atoms with Crippen LogP contribution in [0.25, 0.3) is 0 Å². The minimum absolute atomic E-state index is 0.311. The van der Waals surface area contributed by atoms with Crippen molar-refractivity contribution < 1.29 is 24.2 Å². The maximum absolute atomic E-state index is 11.5. The number of ether oxygens (including phenoxy) is 2. The second-order valence-electron chi connectivity index (χ2n) is 7.13. The number of rotatable bonds is 5. The number of esters is 2.